The number of fused-ring (bicyclic) bond motifs is 1. The SMILES string of the molecule is O=C(CCCOc1cccc2ccccc12)Nc1ccccc1CN1CCCC1. The fourth-order valence-corrected chi connectivity index (χ4v) is 3.91. The van der Waals surface area contributed by atoms with Crippen molar-refractivity contribution in [2.75, 3.05) is 25.0 Å². The predicted octanol–water partition coefficient (Wildman–Crippen LogP) is 5.23. The van der Waals surface area contributed by atoms with Crippen molar-refractivity contribution in [3.05, 3.63) is 72.3 Å². The van der Waals surface area contributed by atoms with E-state index in [4.69, 9.17) is 4.74 Å². The van der Waals surface area contributed by atoms with Crippen molar-refractivity contribution in [2.45, 2.75) is 32.2 Å². The first-order chi connectivity index (χ1) is 14.3. The minimum Gasteiger partial charge on any atom is -0.493 e. The van der Waals surface area contributed by atoms with Crippen LogP contribution in [0.5, 0.6) is 5.75 Å². The third-order valence-electron chi connectivity index (χ3n) is 5.44. The zero-order valence-corrected chi connectivity index (χ0v) is 16.8. The van der Waals surface area contributed by atoms with Gasteiger partial charge >= 0.3 is 0 Å². The highest BCUT2D eigenvalue weighted by atomic mass is 16.5. The van der Waals surface area contributed by atoms with Gasteiger partial charge in [0.1, 0.15) is 5.75 Å². The topological polar surface area (TPSA) is 41.6 Å². The zero-order chi connectivity index (χ0) is 19.9. The van der Waals surface area contributed by atoms with Gasteiger partial charge in [-0.25, -0.2) is 0 Å². The van der Waals surface area contributed by atoms with Gasteiger partial charge in [-0.1, -0.05) is 54.6 Å². The number of ether oxygens (including phenoxy) is 1. The second-order valence-electron chi connectivity index (χ2n) is 7.62. The van der Waals surface area contributed by atoms with Gasteiger partial charge in [-0.15, -0.1) is 0 Å². The van der Waals surface area contributed by atoms with Crippen molar-refractivity contribution < 1.29 is 9.53 Å². The first-order valence-corrected chi connectivity index (χ1v) is 10.5. The molecule has 1 N–H and O–H groups in total. The number of hydrogen-bond acceptors (Lipinski definition) is 3. The Morgan fingerprint density at radius 1 is 0.931 bits per heavy atom. The van der Waals surface area contributed by atoms with Crippen molar-refractivity contribution in [3.8, 4) is 5.75 Å². The minimum atomic E-state index is 0.0420. The second kappa shape index (κ2) is 9.57. The lowest BCUT2D eigenvalue weighted by atomic mass is 10.1. The van der Waals surface area contributed by atoms with Gasteiger partial charge in [0, 0.05) is 24.0 Å². The molecular weight excluding hydrogens is 360 g/mol. The number of nitrogens with zero attached hydrogens (tertiary/aromatic N) is 1. The minimum absolute atomic E-state index is 0.0420. The third kappa shape index (κ3) is 5.15. The second-order valence-corrected chi connectivity index (χ2v) is 7.62. The van der Waals surface area contributed by atoms with Crippen molar-refractivity contribution in [1.29, 1.82) is 0 Å². The van der Waals surface area contributed by atoms with Crippen LogP contribution in [-0.2, 0) is 11.3 Å². The molecule has 0 unspecified atom stereocenters. The van der Waals surface area contributed by atoms with Crippen LogP contribution in [-0.4, -0.2) is 30.5 Å². The molecule has 3 aromatic rings. The van der Waals surface area contributed by atoms with Gasteiger partial charge in [0.15, 0.2) is 0 Å². The standard InChI is InChI=1S/C25H28N2O2/c28-25(26-23-13-4-2-10-21(23)19-27-16-5-6-17-27)15-8-18-29-24-14-7-11-20-9-1-3-12-22(20)24/h1-4,7,9-14H,5-6,8,15-19H2,(H,26,28). The molecule has 4 rings (SSSR count). The molecule has 1 aliphatic heterocycles. The van der Waals surface area contributed by atoms with Crippen molar-refractivity contribution >= 4 is 22.4 Å². The summed E-state index contributed by atoms with van der Waals surface area (Å²) in [4.78, 5) is 14.9. The highest BCUT2D eigenvalue weighted by Gasteiger charge is 2.14. The average molecular weight is 389 g/mol. The molecule has 0 saturated carbocycles. The molecule has 0 radical (unpaired) electrons. The quantitative estimate of drug-likeness (QED) is 0.537. The average Bonchev–Trinajstić information content (AvgIpc) is 3.26. The molecule has 0 aromatic heterocycles. The molecule has 1 amide bonds. The molecule has 4 heteroatoms. The van der Waals surface area contributed by atoms with Crippen molar-refractivity contribution in [1.82, 2.24) is 4.90 Å². The molecule has 0 spiro atoms. The fraction of sp³-hybridized carbons (Fsp3) is 0.320. The molecule has 1 fully saturated rings. The van der Waals surface area contributed by atoms with Gasteiger partial charge in [0.05, 0.1) is 6.61 Å². The Morgan fingerprint density at radius 2 is 1.69 bits per heavy atom. The number of benzene rings is 3. The van der Waals surface area contributed by atoms with E-state index < -0.39 is 0 Å². The maximum absolute atomic E-state index is 12.4. The van der Waals surface area contributed by atoms with E-state index in [1.54, 1.807) is 0 Å². The summed E-state index contributed by atoms with van der Waals surface area (Å²) >= 11 is 0. The first kappa shape index (κ1) is 19.5. The Kier molecular flexibility index (Phi) is 6.42. The summed E-state index contributed by atoms with van der Waals surface area (Å²) in [6, 6.07) is 22.4. The first-order valence-electron chi connectivity index (χ1n) is 10.5. The van der Waals surface area contributed by atoms with Crippen LogP contribution in [0.25, 0.3) is 10.8 Å². The Morgan fingerprint density at radius 3 is 2.59 bits per heavy atom. The Labute approximate surface area is 172 Å². The summed E-state index contributed by atoms with van der Waals surface area (Å²) in [5, 5.41) is 5.36. The molecule has 0 atom stereocenters. The van der Waals surface area contributed by atoms with E-state index in [-0.39, 0.29) is 5.91 Å². The van der Waals surface area contributed by atoms with Gasteiger partial charge < -0.3 is 10.1 Å². The molecule has 29 heavy (non-hydrogen) atoms. The van der Waals surface area contributed by atoms with Crippen LogP contribution in [0, 0.1) is 0 Å². The molecule has 4 nitrogen and oxygen atoms in total. The zero-order valence-electron chi connectivity index (χ0n) is 16.8. The van der Waals surface area contributed by atoms with Crippen molar-refractivity contribution in [2.24, 2.45) is 0 Å². The Balaban J connectivity index is 1.27. The van der Waals surface area contributed by atoms with Gasteiger partial charge in [-0.3, -0.25) is 9.69 Å². The maximum Gasteiger partial charge on any atom is 0.224 e. The van der Waals surface area contributed by atoms with Crippen molar-refractivity contribution in [3.63, 3.8) is 0 Å². The number of amides is 1. The Bertz CT molecular complexity index is 958. The van der Waals surface area contributed by atoms with Crippen LogP contribution in [0.3, 0.4) is 0 Å². The molecule has 1 heterocycles. The number of para-hydroxylation sites is 1. The summed E-state index contributed by atoms with van der Waals surface area (Å²) in [5.41, 5.74) is 2.12. The molecule has 150 valence electrons. The molecule has 1 saturated heterocycles. The lowest BCUT2D eigenvalue weighted by molar-refractivity contribution is -0.116. The molecule has 1 aliphatic rings. The highest BCUT2D eigenvalue weighted by Crippen LogP contribution is 2.25. The van der Waals surface area contributed by atoms with Crippen LogP contribution in [0.1, 0.15) is 31.2 Å². The maximum atomic E-state index is 12.4. The van der Waals surface area contributed by atoms with Crippen LogP contribution in [0.15, 0.2) is 66.7 Å². The Hall–Kier alpha value is -2.85. The number of hydrogen-bond donors (Lipinski definition) is 1. The van der Waals surface area contributed by atoms with Gasteiger partial charge in [0.25, 0.3) is 0 Å². The van der Waals surface area contributed by atoms with Crippen LogP contribution >= 0.6 is 0 Å². The van der Waals surface area contributed by atoms with E-state index in [2.05, 4.69) is 34.5 Å². The molecule has 0 aliphatic carbocycles. The lowest BCUT2D eigenvalue weighted by Gasteiger charge is -2.18. The van der Waals surface area contributed by atoms with Crippen LogP contribution in [0.2, 0.25) is 0 Å². The lowest BCUT2D eigenvalue weighted by Crippen LogP contribution is -2.20. The number of carbonyl (C=O) groups excluding carboxylic acids is 1. The molecule has 3 aromatic carbocycles. The highest BCUT2D eigenvalue weighted by molar-refractivity contribution is 5.91. The van der Waals surface area contributed by atoms with E-state index in [1.807, 2.05) is 42.5 Å². The summed E-state index contributed by atoms with van der Waals surface area (Å²) in [7, 11) is 0. The number of likely N-dealkylation sites (tertiary alicyclic amines) is 1. The van der Waals surface area contributed by atoms with E-state index >= 15 is 0 Å². The van der Waals surface area contributed by atoms with Gasteiger partial charge in [0.2, 0.25) is 5.91 Å². The molecule has 0 bridgehead atoms. The normalized spacial score (nSPS) is 14.2. The monoisotopic (exact) mass is 388 g/mol. The van der Waals surface area contributed by atoms with Crippen LogP contribution < -0.4 is 10.1 Å². The number of carbonyl (C=O) groups is 1. The predicted molar refractivity (Wildman–Crippen MR) is 118 cm³/mol. The summed E-state index contributed by atoms with van der Waals surface area (Å²) in [5.74, 6) is 0.917. The number of anilines is 1. The number of nitrogens with one attached hydrogen (secondary N) is 1. The number of rotatable bonds is 8. The summed E-state index contributed by atoms with van der Waals surface area (Å²) in [6.45, 7) is 3.72. The third-order valence-corrected chi connectivity index (χ3v) is 5.44. The fourth-order valence-electron chi connectivity index (χ4n) is 3.91. The van der Waals surface area contributed by atoms with Crippen LogP contribution in [0.4, 0.5) is 5.69 Å². The summed E-state index contributed by atoms with van der Waals surface area (Å²) in [6.07, 6.45) is 3.67. The van der Waals surface area contributed by atoms with E-state index in [0.717, 1.165) is 41.8 Å². The smallest absolute Gasteiger partial charge is 0.224 e. The molecular formula is C25H28N2O2. The van der Waals surface area contributed by atoms with E-state index in [0.29, 0.717) is 19.4 Å². The van der Waals surface area contributed by atoms with Gasteiger partial charge in [-0.2, -0.15) is 0 Å². The van der Waals surface area contributed by atoms with E-state index in [1.165, 1.54) is 18.4 Å². The largest absolute Gasteiger partial charge is 0.493 e. The van der Waals surface area contributed by atoms with Gasteiger partial charge in [-0.05, 0) is 55.4 Å². The van der Waals surface area contributed by atoms with E-state index in [9.17, 15) is 4.79 Å². The summed E-state index contributed by atoms with van der Waals surface area (Å²) < 4.78 is 5.95.